The third kappa shape index (κ3) is 3.90. The van der Waals surface area contributed by atoms with Gasteiger partial charge in [-0.15, -0.1) is 0 Å². The average Bonchev–Trinajstić information content (AvgIpc) is 2.54. The first-order valence-electron chi connectivity index (χ1n) is 6.48. The Morgan fingerprint density at radius 1 is 1.26 bits per heavy atom. The Kier molecular flexibility index (Phi) is 4.76. The zero-order chi connectivity index (χ0) is 17.1. The minimum absolute atomic E-state index is 0.0412. The lowest BCUT2D eigenvalue weighted by atomic mass is 10.0. The van der Waals surface area contributed by atoms with E-state index in [9.17, 15) is 28.2 Å². The molecule has 0 saturated carbocycles. The topological polar surface area (TPSA) is 103 Å². The molecule has 4 N–H and O–H groups in total. The molecule has 0 atom stereocenters. The van der Waals surface area contributed by atoms with Gasteiger partial charge in [0.1, 0.15) is 12.1 Å². The van der Waals surface area contributed by atoms with Crippen LogP contribution < -0.4 is 10.9 Å². The minimum atomic E-state index is -4.50. The van der Waals surface area contributed by atoms with Crippen LogP contribution in [0.25, 0.3) is 0 Å². The number of halogens is 3. The number of esters is 1. The largest absolute Gasteiger partial charge is 0.457 e. The van der Waals surface area contributed by atoms with Crippen molar-refractivity contribution in [3.05, 3.63) is 29.8 Å². The number of benzene rings is 1. The summed E-state index contributed by atoms with van der Waals surface area (Å²) in [6, 6.07) is 4.29. The highest BCUT2D eigenvalue weighted by Gasteiger charge is 2.37. The van der Waals surface area contributed by atoms with Crippen molar-refractivity contribution < 1.29 is 32.9 Å². The first kappa shape index (κ1) is 17.0. The summed E-state index contributed by atoms with van der Waals surface area (Å²) in [5, 5.41) is 18.5. The number of hydrogen-bond donors (Lipinski definition) is 4. The number of anilines is 1. The summed E-state index contributed by atoms with van der Waals surface area (Å²) in [7, 11) is 0. The van der Waals surface area contributed by atoms with E-state index < -0.39 is 36.5 Å². The number of nitrogens with zero attached hydrogens (tertiary/aromatic N) is 1. The van der Waals surface area contributed by atoms with Crippen molar-refractivity contribution in [2.45, 2.75) is 11.7 Å². The highest BCUT2D eigenvalue weighted by Crippen LogP contribution is 2.30. The molecule has 126 valence electrons. The van der Waals surface area contributed by atoms with Gasteiger partial charge in [0.2, 0.25) is 5.84 Å². The van der Waals surface area contributed by atoms with Crippen LogP contribution in [0, 0.1) is 0 Å². The molecule has 0 bridgehead atoms. The summed E-state index contributed by atoms with van der Waals surface area (Å²) < 4.78 is 42.6. The molecule has 1 heterocycles. The second-order valence-corrected chi connectivity index (χ2v) is 4.91. The second kappa shape index (κ2) is 6.42. The molecule has 1 aromatic carbocycles. The van der Waals surface area contributed by atoms with Gasteiger partial charge in [0, 0.05) is 0 Å². The van der Waals surface area contributed by atoms with Gasteiger partial charge in [0.15, 0.2) is 0 Å². The normalized spacial score (nSPS) is 17.3. The maximum Gasteiger partial charge on any atom is 0.416 e. The Labute approximate surface area is 128 Å². The predicted octanol–water partition coefficient (Wildman–Crippen LogP) is 0.301. The van der Waals surface area contributed by atoms with Crippen LogP contribution in [0.5, 0.6) is 0 Å². The van der Waals surface area contributed by atoms with E-state index in [0.717, 1.165) is 12.1 Å². The van der Waals surface area contributed by atoms with E-state index in [4.69, 9.17) is 4.74 Å². The van der Waals surface area contributed by atoms with Gasteiger partial charge in [-0.05, 0) is 18.2 Å². The quantitative estimate of drug-likeness (QED) is 0.467. The first-order valence-corrected chi connectivity index (χ1v) is 6.48. The van der Waals surface area contributed by atoms with Gasteiger partial charge in [-0.25, -0.2) is 9.79 Å². The Morgan fingerprint density at radius 2 is 1.96 bits per heavy atom. The number of hydrogen-bond acceptors (Lipinski definition) is 7. The van der Waals surface area contributed by atoms with Crippen LogP contribution in [-0.4, -0.2) is 47.4 Å². The molecule has 0 spiro atoms. The number of cyclic esters (lactones) is 1. The van der Waals surface area contributed by atoms with Gasteiger partial charge in [-0.1, -0.05) is 6.07 Å². The number of aliphatic hydroxyl groups excluding tert-OH is 2. The Bertz CT molecular complexity index is 615. The number of rotatable bonds is 4. The zero-order valence-electron chi connectivity index (χ0n) is 11.7. The van der Waals surface area contributed by atoms with Crippen LogP contribution in [-0.2, 0) is 15.7 Å². The lowest BCUT2D eigenvalue weighted by Gasteiger charge is -2.29. The van der Waals surface area contributed by atoms with Gasteiger partial charge in [-0.3, -0.25) is 10.9 Å². The van der Waals surface area contributed by atoms with E-state index >= 15 is 0 Å². The van der Waals surface area contributed by atoms with Crippen LogP contribution in [0.1, 0.15) is 5.56 Å². The summed E-state index contributed by atoms with van der Waals surface area (Å²) in [6.07, 6.45) is -4.50. The van der Waals surface area contributed by atoms with E-state index in [1.54, 1.807) is 0 Å². The van der Waals surface area contributed by atoms with Crippen molar-refractivity contribution in [1.82, 2.24) is 5.43 Å². The Hall–Kier alpha value is -2.33. The molecule has 1 aliphatic rings. The predicted molar refractivity (Wildman–Crippen MR) is 73.5 cm³/mol. The molecule has 0 aliphatic carbocycles. The maximum absolute atomic E-state index is 12.6. The van der Waals surface area contributed by atoms with Gasteiger partial charge >= 0.3 is 12.1 Å². The summed E-state index contributed by atoms with van der Waals surface area (Å²) >= 11 is 0. The number of aliphatic imine (C=N–C) groups is 1. The fraction of sp³-hybridized carbons (Fsp3) is 0.385. The number of carbonyl (C=O) groups is 1. The number of ether oxygens (including phenoxy) is 1. The van der Waals surface area contributed by atoms with E-state index in [-0.39, 0.29) is 18.1 Å². The highest BCUT2D eigenvalue weighted by atomic mass is 19.4. The Balaban J connectivity index is 2.13. The van der Waals surface area contributed by atoms with Gasteiger partial charge in [0.05, 0.1) is 24.5 Å². The summed E-state index contributed by atoms with van der Waals surface area (Å²) in [4.78, 5) is 15.4. The monoisotopic (exact) mass is 333 g/mol. The molecule has 0 fully saturated rings. The maximum atomic E-state index is 12.6. The van der Waals surface area contributed by atoms with Crippen molar-refractivity contribution >= 4 is 17.5 Å². The number of aliphatic hydroxyl groups is 2. The smallest absolute Gasteiger partial charge is 0.416 e. The van der Waals surface area contributed by atoms with Crippen molar-refractivity contribution in [2.24, 2.45) is 4.99 Å². The van der Waals surface area contributed by atoms with Crippen LogP contribution in [0.4, 0.5) is 18.9 Å². The molecular formula is C13H14F3N3O4. The zero-order valence-corrected chi connectivity index (χ0v) is 11.7. The lowest BCUT2D eigenvalue weighted by Crippen LogP contribution is -2.51. The lowest BCUT2D eigenvalue weighted by molar-refractivity contribution is -0.140. The van der Waals surface area contributed by atoms with Crippen molar-refractivity contribution in [3.8, 4) is 0 Å². The number of amidine groups is 1. The van der Waals surface area contributed by atoms with Crippen LogP contribution in [0.15, 0.2) is 29.3 Å². The number of carbonyl (C=O) groups excluding carboxylic acids is 1. The van der Waals surface area contributed by atoms with E-state index in [1.165, 1.54) is 12.1 Å². The van der Waals surface area contributed by atoms with Crippen LogP contribution in [0.2, 0.25) is 0 Å². The molecule has 1 aromatic rings. The van der Waals surface area contributed by atoms with E-state index in [2.05, 4.69) is 15.8 Å². The third-order valence-corrected chi connectivity index (χ3v) is 3.12. The molecule has 0 unspecified atom stereocenters. The van der Waals surface area contributed by atoms with Crippen LogP contribution in [0.3, 0.4) is 0 Å². The molecule has 0 saturated heterocycles. The number of nitrogens with one attached hydrogen (secondary N) is 2. The molecule has 23 heavy (non-hydrogen) atoms. The Morgan fingerprint density at radius 3 is 2.57 bits per heavy atom. The second-order valence-electron chi connectivity index (χ2n) is 4.91. The molecule has 10 heteroatoms. The SMILES string of the molecule is O=C1OCC(CO)(CO)N=C1NNc1cccc(C(F)(F)F)c1. The van der Waals surface area contributed by atoms with E-state index in [1.807, 2.05) is 0 Å². The molecular weight excluding hydrogens is 319 g/mol. The number of hydrazine groups is 1. The van der Waals surface area contributed by atoms with Gasteiger partial charge in [-0.2, -0.15) is 13.2 Å². The number of alkyl halides is 3. The molecule has 1 aliphatic heterocycles. The van der Waals surface area contributed by atoms with Crippen molar-refractivity contribution in [1.29, 1.82) is 0 Å². The molecule has 2 rings (SSSR count). The molecule has 0 amide bonds. The first-order chi connectivity index (χ1) is 10.8. The van der Waals surface area contributed by atoms with Crippen LogP contribution >= 0.6 is 0 Å². The van der Waals surface area contributed by atoms with Gasteiger partial charge < -0.3 is 14.9 Å². The minimum Gasteiger partial charge on any atom is -0.457 e. The molecule has 7 nitrogen and oxygen atoms in total. The van der Waals surface area contributed by atoms with Crippen molar-refractivity contribution in [3.63, 3.8) is 0 Å². The summed E-state index contributed by atoms with van der Waals surface area (Å²) in [6.45, 7) is -1.43. The fourth-order valence-electron chi connectivity index (χ4n) is 1.78. The highest BCUT2D eigenvalue weighted by molar-refractivity contribution is 6.36. The average molecular weight is 333 g/mol. The summed E-state index contributed by atoms with van der Waals surface area (Å²) in [5.41, 5.74) is 2.52. The van der Waals surface area contributed by atoms with Crippen molar-refractivity contribution in [2.75, 3.05) is 25.2 Å². The fourth-order valence-corrected chi connectivity index (χ4v) is 1.78. The summed E-state index contributed by atoms with van der Waals surface area (Å²) in [5.74, 6) is -1.22. The molecule has 0 aromatic heterocycles. The molecule has 0 radical (unpaired) electrons. The third-order valence-electron chi connectivity index (χ3n) is 3.12. The standard InChI is InChI=1S/C13H14F3N3O4/c14-13(15,16)8-2-1-3-9(4-8)18-19-10-11(22)23-7-12(5-20,6-21)17-10/h1-4,18,20-21H,5-7H2,(H,17,19). The van der Waals surface area contributed by atoms with Gasteiger partial charge in [0.25, 0.3) is 0 Å². The van der Waals surface area contributed by atoms with E-state index in [0.29, 0.717) is 0 Å².